The van der Waals surface area contributed by atoms with E-state index in [0.29, 0.717) is 6.54 Å². The molecule has 0 spiro atoms. The maximum Gasteiger partial charge on any atom is 0.181 e. The molecule has 0 aliphatic heterocycles. The van der Waals surface area contributed by atoms with Crippen LogP contribution >= 0.6 is 27.3 Å². The monoisotopic (exact) mass is 287 g/mol. The van der Waals surface area contributed by atoms with Gasteiger partial charge in [-0.3, -0.25) is 4.79 Å². The fraction of sp³-hybridized carbons (Fsp3) is 0.545. The molecule has 0 saturated heterocycles. The molecule has 1 saturated carbocycles. The molecule has 15 heavy (non-hydrogen) atoms. The number of carbonyl (C=O) groups is 1. The van der Waals surface area contributed by atoms with E-state index in [1.807, 2.05) is 11.4 Å². The van der Waals surface area contributed by atoms with Crippen LogP contribution in [0.25, 0.3) is 0 Å². The van der Waals surface area contributed by atoms with Crippen LogP contribution in [0.15, 0.2) is 15.9 Å². The molecule has 82 valence electrons. The molecule has 2 nitrogen and oxygen atoms in total. The number of hydrogen-bond donors (Lipinski definition) is 1. The Bertz CT molecular complexity index is 368. The SMILES string of the molecule is NCC1(C(=O)c2sccc2Br)CCCC1. The van der Waals surface area contributed by atoms with E-state index in [2.05, 4.69) is 15.9 Å². The molecular weight excluding hydrogens is 274 g/mol. The maximum atomic E-state index is 12.4. The topological polar surface area (TPSA) is 43.1 Å². The number of ketones is 1. The summed E-state index contributed by atoms with van der Waals surface area (Å²) in [6.07, 6.45) is 4.16. The van der Waals surface area contributed by atoms with Crippen molar-refractivity contribution >= 4 is 33.0 Å². The highest BCUT2D eigenvalue weighted by Crippen LogP contribution is 2.42. The zero-order valence-corrected chi connectivity index (χ0v) is 10.9. The molecule has 1 aliphatic rings. The van der Waals surface area contributed by atoms with Crippen molar-refractivity contribution in [2.75, 3.05) is 6.54 Å². The van der Waals surface area contributed by atoms with Crippen LogP contribution in [-0.4, -0.2) is 12.3 Å². The number of carbonyl (C=O) groups excluding carboxylic acids is 1. The Kier molecular flexibility index (Phi) is 3.28. The summed E-state index contributed by atoms with van der Waals surface area (Å²) in [7, 11) is 0. The van der Waals surface area contributed by atoms with Crippen molar-refractivity contribution in [3.63, 3.8) is 0 Å². The van der Waals surface area contributed by atoms with Crippen molar-refractivity contribution in [2.45, 2.75) is 25.7 Å². The third-order valence-electron chi connectivity index (χ3n) is 3.26. The van der Waals surface area contributed by atoms with E-state index in [4.69, 9.17) is 5.73 Å². The van der Waals surface area contributed by atoms with Gasteiger partial charge >= 0.3 is 0 Å². The highest BCUT2D eigenvalue weighted by atomic mass is 79.9. The van der Waals surface area contributed by atoms with Crippen molar-refractivity contribution in [1.82, 2.24) is 0 Å². The average Bonchev–Trinajstić information content (AvgIpc) is 2.86. The Balaban J connectivity index is 2.30. The van der Waals surface area contributed by atoms with Crippen molar-refractivity contribution < 1.29 is 4.79 Å². The van der Waals surface area contributed by atoms with Crippen molar-refractivity contribution in [2.24, 2.45) is 11.1 Å². The first kappa shape index (κ1) is 11.3. The molecule has 2 rings (SSSR count). The first-order valence-electron chi connectivity index (χ1n) is 5.17. The van der Waals surface area contributed by atoms with Gasteiger partial charge in [-0.1, -0.05) is 12.8 Å². The lowest BCUT2D eigenvalue weighted by Gasteiger charge is -2.24. The van der Waals surface area contributed by atoms with Gasteiger partial charge in [0.1, 0.15) is 0 Å². The number of thiophene rings is 1. The molecule has 0 amide bonds. The predicted octanol–water partition coefficient (Wildman–Crippen LogP) is 3.21. The molecule has 1 heterocycles. The molecule has 0 radical (unpaired) electrons. The number of Topliss-reactive ketones (excluding diaryl/α,β-unsaturated/α-hetero) is 1. The second-order valence-electron chi connectivity index (χ2n) is 4.12. The smallest absolute Gasteiger partial charge is 0.181 e. The lowest BCUT2D eigenvalue weighted by molar-refractivity contribution is 0.0813. The second kappa shape index (κ2) is 4.36. The summed E-state index contributed by atoms with van der Waals surface area (Å²) in [6, 6.07) is 1.93. The minimum Gasteiger partial charge on any atom is -0.329 e. The standard InChI is InChI=1S/C11H14BrNOS/c12-8-3-6-15-9(8)10(14)11(7-13)4-1-2-5-11/h3,6H,1-2,4-5,7,13H2. The first-order valence-corrected chi connectivity index (χ1v) is 6.85. The van der Waals surface area contributed by atoms with Crippen molar-refractivity contribution in [1.29, 1.82) is 0 Å². The molecule has 0 aromatic carbocycles. The minimum atomic E-state index is -0.270. The number of nitrogens with two attached hydrogens (primary N) is 1. The Morgan fingerprint density at radius 3 is 2.67 bits per heavy atom. The van der Waals surface area contributed by atoms with Crippen LogP contribution in [0.3, 0.4) is 0 Å². The summed E-state index contributed by atoms with van der Waals surface area (Å²) in [5, 5.41) is 1.94. The van der Waals surface area contributed by atoms with Gasteiger partial charge in [0, 0.05) is 16.4 Å². The van der Waals surface area contributed by atoms with Crippen LogP contribution in [0.5, 0.6) is 0 Å². The van der Waals surface area contributed by atoms with Gasteiger partial charge in [-0.05, 0) is 40.2 Å². The largest absolute Gasteiger partial charge is 0.329 e. The Hall–Kier alpha value is -0.190. The molecule has 2 N–H and O–H groups in total. The van der Waals surface area contributed by atoms with E-state index in [-0.39, 0.29) is 11.2 Å². The van der Waals surface area contributed by atoms with E-state index in [1.165, 1.54) is 11.3 Å². The molecular formula is C11H14BrNOS. The maximum absolute atomic E-state index is 12.4. The average molecular weight is 288 g/mol. The Labute approximate surface area is 102 Å². The highest BCUT2D eigenvalue weighted by Gasteiger charge is 2.41. The van der Waals surface area contributed by atoms with Crippen LogP contribution in [0, 0.1) is 5.41 Å². The van der Waals surface area contributed by atoms with Crippen molar-refractivity contribution in [3.05, 3.63) is 20.8 Å². The van der Waals surface area contributed by atoms with E-state index in [1.54, 1.807) is 0 Å². The fourth-order valence-electron chi connectivity index (χ4n) is 2.27. The fourth-order valence-corrected chi connectivity index (χ4v) is 3.88. The van der Waals surface area contributed by atoms with Crippen LogP contribution in [0.4, 0.5) is 0 Å². The second-order valence-corrected chi connectivity index (χ2v) is 5.89. The van der Waals surface area contributed by atoms with Gasteiger partial charge < -0.3 is 5.73 Å². The van der Waals surface area contributed by atoms with E-state index < -0.39 is 0 Å². The van der Waals surface area contributed by atoms with Crippen molar-refractivity contribution in [3.8, 4) is 0 Å². The van der Waals surface area contributed by atoms with Gasteiger partial charge in [-0.2, -0.15) is 0 Å². The predicted molar refractivity (Wildman–Crippen MR) is 66.3 cm³/mol. The van der Waals surface area contributed by atoms with Gasteiger partial charge in [0.25, 0.3) is 0 Å². The van der Waals surface area contributed by atoms with Crippen LogP contribution in [0.2, 0.25) is 0 Å². The van der Waals surface area contributed by atoms with E-state index in [9.17, 15) is 4.79 Å². The van der Waals surface area contributed by atoms with Gasteiger partial charge in [0.05, 0.1) is 4.88 Å². The molecule has 0 bridgehead atoms. The summed E-state index contributed by atoms with van der Waals surface area (Å²) < 4.78 is 0.914. The summed E-state index contributed by atoms with van der Waals surface area (Å²) in [4.78, 5) is 13.2. The zero-order valence-electron chi connectivity index (χ0n) is 8.46. The van der Waals surface area contributed by atoms with E-state index >= 15 is 0 Å². The molecule has 1 aromatic heterocycles. The summed E-state index contributed by atoms with van der Waals surface area (Å²) in [5.74, 6) is 0.240. The number of hydrogen-bond acceptors (Lipinski definition) is 3. The molecule has 1 fully saturated rings. The van der Waals surface area contributed by atoms with E-state index in [0.717, 1.165) is 35.0 Å². The quantitative estimate of drug-likeness (QED) is 0.868. The zero-order chi connectivity index (χ0) is 10.9. The van der Waals surface area contributed by atoms with Gasteiger partial charge in [0.15, 0.2) is 5.78 Å². The van der Waals surface area contributed by atoms with Gasteiger partial charge in [0.2, 0.25) is 0 Å². The molecule has 0 atom stereocenters. The number of rotatable bonds is 3. The lowest BCUT2D eigenvalue weighted by Crippen LogP contribution is -2.35. The summed E-state index contributed by atoms with van der Waals surface area (Å²) >= 11 is 4.92. The first-order chi connectivity index (χ1) is 7.19. The molecule has 0 unspecified atom stereocenters. The normalized spacial score (nSPS) is 19.3. The van der Waals surface area contributed by atoms with Gasteiger partial charge in [-0.25, -0.2) is 0 Å². The van der Waals surface area contributed by atoms with Gasteiger partial charge in [-0.15, -0.1) is 11.3 Å². The van der Waals surface area contributed by atoms with Crippen LogP contribution in [-0.2, 0) is 0 Å². The molecule has 1 aliphatic carbocycles. The Morgan fingerprint density at radius 1 is 1.53 bits per heavy atom. The lowest BCUT2D eigenvalue weighted by atomic mass is 9.81. The minimum absolute atomic E-state index is 0.240. The van der Waals surface area contributed by atoms with Crippen LogP contribution in [0.1, 0.15) is 35.4 Å². The third kappa shape index (κ3) is 1.90. The van der Waals surface area contributed by atoms with Crippen LogP contribution < -0.4 is 5.73 Å². The summed E-state index contributed by atoms with van der Waals surface area (Å²) in [6.45, 7) is 0.482. The highest BCUT2D eigenvalue weighted by molar-refractivity contribution is 9.10. The Morgan fingerprint density at radius 2 is 2.20 bits per heavy atom. The summed E-state index contributed by atoms with van der Waals surface area (Å²) in [5.41, 5.74) is 5.52. The molecule has 4 heteroatoms. The number of halogens is 1. The third-order valence-corrected chi connectivity index (χ3v) is 5.09. The molecule has 1 aromatic rings.